The first-order valence-corrected chi connectivity index (χ1v) is 9.01. The van der Waals surface area contributed by atoms with Crippen LogP contribution in [0.1, 0.15) is 0 Å². The Morgan fingerprint density at radius 2 is 1.52 bits per heavy atom. The minimum atomic E-state index is -3.70. The van der Waals surface area contributed by atoms with E-state index in [2.05, 4.69) is 16.6 Å². The molecule has 2 N–H and O–H groups in total. The third-order valence-corrected chi connectivity index (χ3v) is 5.00. The first-order valence-electron chi connectivity index (χ1n) is 7.53. The molecule has 3 aromatic rings. The molecule has 0 radical (unpaired) electrons. The number of nitrogens with one attached hydrogen (secondary N) is 2. The lowest BCUT2D eigenvalue weighted by Gasteiger charge is -2.10. The van der Waals surface area contributed by atoms with Gasteiger partial charge in [0.15, 0.2) is 0 Å². The largest absolute Gasteiger partial charge is 0.323 e. The molecular formula is C19H16N2O3S. The number of anilines is 2. The lowest BCUT2D eigenvalue weighted by molar-refractivity contribution is -0.111. The highest BCUT2D eigenvalue weighted by Crippen LogP contribution is 2.22. The van der Waals surface area contributed by atoms with Crippen molar-refractivity contribution in [3.05, 3.63) is 79.4 Å². The van der Waals surface area contributed by atoms with Crippen molar-refractivity contribution >= 4 is 38.1 Å². The number of sulfonamides is 1. The molecule has 0 unspecified atom stereocenters. The minimum absolute atomic E-state index is 0.190. The number of carbonyl (C=O) groups excluding carboxylic acids is 1. The van der Waals surface area contributed by atoms with E-state index >= 15 is 0 Å². The molecule has 3 rings (SSSR count). The van der Waals surface area contributed by atoms with Crippen LogP contribution in [-0.4, -0.2) is 14.3 Å². The molecule has 0 aliphatic carbocycles. The average molecular weight is 352 g/mol. The molecule has 0 saturated heterocycles. The standard InChI is InChI=1S/C19H16N2O3S/c1-2-19(22)20-16-8-10-17(11-9-16)21-25(23,24)18-12-7-14-5-3-4-6-15(14)13-18/h2-13,21H,1H2,(H,20,22). The zero-order valence-electron chi connectivity index (χ0n) is 13.3. The van der Waals surface area contributed by atoms with E-state index in [9.17, 15) is 13.2 Å². The molecule has 0 atom stereocenters. The fraction of sp³-hybridized carbons (Fsp3) is 0. The normalized spacial score (nSPS) is 11.0. The van der Waals surface area contributed by atoms with Gasteiger partial charge >= 0.3 is 0 Å². The van der Waals surface area contributed by atoms with Crippen LogP contribution in [0.5, 0.6) is 0 Å². The monoisotopic (exact) mass is 352 g/mol. The van der Waals surface area contributed by atoms with E-state index in [0.29, 0.717) is 11.4 Å². The number of rotatable bonds is 5. The Bertz CT molecular complexity index is 1040. The van der Waals surface area contributed by atoms with E-state index in [0.717, 1.165) is 16.8 Å². The average Bonchev–Trinajstić information content (AvgIpc) is 2.62. The highest BCUT2D eigenvalue weighted by molar-refractivity contribution is 7.92. The Morgan fingerprint density at radius 1 is 0.880 bits per heavy atom. The van der Waals surface area contributed by atoms with Crippen molar-refractivity contribution in [1.82, 2.24) is 0 Å². The summed E-state index contributed by atoms with van der Waals surface area (Å²) in [4.78, 5) is 11.4. The molecule has 25 heavy (non-hydrogen) atoms. The van der Waals surface area contributed by atoms with Crippen LogP contribution >= 0.6 is 0 Å². The SMILES string of the molecule is C=CC(=O)Nc1ccc(NS(=O)(=O)c2ccc3ccccc3c2)cc1. The Labute approximate surface area is 146 Å². The molecule has 0 spiro atoms. The van der Waals surface area contributed by atoms with Crippen LogP contribution in [0.4, 0.5) is 11.4 Å². The van der Waals surface area contributed by atoms with Gasteiger partial charge in [-0.3, -0.25) is 9.52 Å². The Hall–Kier alpha value is -3.12. The summed E-state index contributed by atoms with van der Waals surface area (Å²) in [5, 5.41) is 4.43. The maximum atomic E-state index is 12.6. The van der Waals surface area contributed by atoms with Crippen molar-refractivity contribution in [1.29, 1.82) is 0 Å². The van der Waals surface area contributed by atoms with Gasteiger partial charge < -0.3 is 5.32 Å². The summed E-state index contributed by atoms with van der Waals surface area (Å²) in [7, 11) is -3.70. The number of fused-ring (bicyclic) bond motifs is 1. The molecule has 0 bridgehead atoms. The van der Waals surface area contributed by atoms with Gasteiger partial charge in [-0.1, -0.05) is 36.9 Å². The molecule has 0 heterocycles. The topological polar surface area (TPSA) is 75.3 Å². The van der Waals surface area contributed by atoms with Gasteiger partial charge in [0.25, 0.3) is 10.0 Å². The smallest absolute Gasteiger partial charge is 0.261 e. The predicted octanol–water partition coefficient (Wildman–Crippen LogP) is 3.77. The Balaban J connectivity index is 1.82. The summed E-state index contributed by atoms with van der Waals surface area (Å²) in [5.41, 5.74) is 0.961. The highest BCUT2D eigenvalue weighted by Gasteiger charge is 2.14. The third kappa shape index (κ3) is 3.87. The molecule has 0 saturated carbocycles. The number of carbonyl (C=O) groups is 1. The summed E-state index contributed by atoms with van der Waals surface area (Å²) < 4.78 is 27.7. The van der Waals surface area contributed by atoms with Crippen LogP contribution in [0.15, 0.2) is 84.3 Å². The van der Waals surface area contributed by atoms with Crippen LogP contribution in [0.3, 0.4) is 0 Å². The molecule has 0 aliphatic rings. The minimum Gasteiger partial charge on any atom is -0.323 e. The van der Waals surface area contributed by atoms with Gasteiger partial charge in [0.1, 0.15) is 0 Å². The molecule has 126 valence electrons. The number of hydrogen-bond donors (Lipinski definition) is 2. The fourth-order valence-electron chi connectivity index (χ4n) is 2.36. The van der Waals surface area contributed by atoms with E-state index < -0.39 is 10.0 Å². The zero-order chi connectivity index (χ0) is 17.9. The van der Waals surface area contributed by atoms with Crippen molar-refractivity contribution < 1.29 is 13.2 Å². The molecule has 0 fully saturated rings. The maximum absolute atomic E-state index is 12.6. The van der Waals surface area contributed by atoms with Gasteiger partial charge in [-0.25, -0.2) is 8.42 Å². The van der Waals surface area contributed by atoms with Crippen molar-refractivity contribution in [2.24, 2.45) is 0 Å². The molecule has 1 amide bonds. The van der Waals surface area contributed by atoms with Crippen LogP contribution in [0.25, 0.3) is 10.8 Å². The predicted molar refractivity (Wildman–Crippen MR) is 100 cm³/mol. The summed E-state index contributed by atoms with van der Waals surface area (Å²) in [5.74, 6) is -0.329. The van der Waals surface area contributed by atoms with Crippen LogP contribution < -0.4 is 10.0 Å². The number of benzene rings is 3. The van der Waals surface area contributed by atoms with Crippen molar-refractivity contribution in [2.75, 3.05) is 10.0 Å². The Kier molecular flexibility index (Phi) is 4.54. The van der Waals surface area contributed by atoms with Gasteiger partial charge in [0.05, 0.1) is 4.90 Å². The highest BCUT2D eigenvalue weighted by atomic mass is 32.2. The second-order valence-electron chi connectivity index (χ2n) is 5.39. The van der Waals surface area contributed by atoms with Gasteiger partial charge in [0.2, 0.25) is 5.91 Å². The van der Waals surface area contributed by atoms with E-state index in [4.69, 9.17) is 0 Å². The molecule has 3 aromatic carbocycles. The summed E-state index contributed by atoms with van der Waals surface area (Å²) in [6.45, 7) is 3.37. The van der Waals surface area contributed by atoms with Gasteiger partial charge in [-0.05, 0) is 53.2 Å². The summed E-state index contributed by atoms with van der Waals surface area (Å²) >= 11 is 0. The molecule has 6 heteroatoms. The first kappa shape index (κ1) is 16.7. The second-order valence-corrected chi connectivity index (χ2v) is 7.07. The lowest BCUT2D eigenvalue weighted by Crippen LogP contribution is -2.13. The van der Waals surface area contributed by atoms with E-state index in [1.165, 1.54) is 0 Å². The van der Waals surface area contributed by atoms with Crippen molar-refractivity contribution in [3.8, 4) is 0 Å². The van der Waals surface area contributed by atoms with E-state index in [-0.39, 0.29) is 10.8 Å². The van der Waals surface area contributed by atoms with Crippen molar-refractivity contribution in [2.45, 2.75) is 4.90 Å². The Morgan fingerprint density at radius 3 is 2.20 bits per heavy atom. The summed E-state index contributed by atoms with van der Waals surface area (Å²) in [6.07, 6.45) is 1.16. The fourth-order valence-corrected chi connectivity index (χ4v) is 3.46. The molecule has 5 nitrogen and oxygen atoms in total. The van der Waals surface area contributed by atoms with Gasteiger partial charge in [-0.15, -0.1) is 0 Å². The van der Waals surface area contributed by atoms with Crippen LogP contribution in [0, 0.1) is 0 Å². The second kappa shape index (κ2) is 6.78. The van der Waals surface area contributed by atoms with Crippen LogP contribution in [0.2, 0.25) is 0 Å². The molecule has 0 aromatic heterocycles. The first-order chi connectivity index (χ1) is 12.0. The molecule has 0 aliphatic heterocycles. The van der Waals surface area contributed by atoms with Crippen LogP contribution in [-0.2, 0) is 14.8 Å². The quantitative estimate of drug-likeness (QED) is 0.687. The summed E-state index contributed by atoms with van der Waals surface area (Å²) in [6, 6.07) is 18.9. The zero-order valence-corrected chi connectivity index (χ0v) is 14.1. The van der Waals surface area contributed by atoms with E-state index in [1.807, 2.05) is 24.3 Å². The van der Waals surface area contributed by atoms with Gasteiger partial charge in [0, 0.05) is 11.4 Å². The maximum Gasteiger partial charge on any atom is 0.261 e. The third-order valence-electron chi connectivity index (χ3n) is 3.62. The van der Waals surface area contributed by atoms with Gasteiger partial charge in [-0.2, -0.15) is 0 Å². The van der Waals surface area contributed by atoms with E-state index in [1.54, 1.807) is 42.5 Å². The molecular weight excluding hydrogens is 336 g/mol. The lowest BCUT2D eigenvalue weighted by atomic mass is 10.1. The number of amides is 1. The number of hydrogen-bond acceptors (Lipinski definition) is 3. The van der Waals surface area contributed by atoms with Crippen molar-refractivity contribution in [3.63, 3.8) is 0 Å².